The van der Waals surface area contributed by atoms with Crippen molar-refractivity contribution in [3.8, 4) is 5.75 Å². The number of para-hydroxylation sites is 1. The number of methoxy groups -OCH3 is 1. The van der Waals surface area contributed by atoms with Gasteiger partial charge in [0.25, 0.3) is 5.91 Å². The van der Waals surface area contributed by atoms with E-state index >= 15 is 0 Å². The van der Waals surface area contributed by atoms with Gasteiger partial charge in [-0.05, 0) is 42.7 Å². The molecule has 1 saturated heterocycles. The van der Waals surface area contributed by atoms with Crippen molar-refractivity contribution in [2.75, 3.05) is 46.2 Å². The number of rotatable bonds is 7. The molecule has 1 aliphatic rings. The Morgan fingerprint density at radius 1 is 1.07 bits per heavy atom. The van der Waals surface area contributed by atoms with E-state index < -0.39 is 10.0 Å². The molecule has 0 atom stereocenters. The van der Waals surface area contributed by atoms with Crippen molar-refractivity contribution in [3.63, 3.8) is 0 Å². The first kappa shape index (κ1) is 22.1. The normalized spacial score (nSPS) is 14.2. The molecule has 8 heteroatoms. The van der Waals surface area contributed by atoms with Gasteiger partial charge >= 0.3 is 0 Å². The van der Waals surface area contributed by atoms with Crippen LogP contribution in [-0.4, -0.2) is 64.9 Å². The van der Waals surface area contributed by atoms with Crippen molar-refractivity contribution >= 4 is 21.6 Å². The number of hydrogen-bond acceptors (Lipinski definition) is 5. The Bertz CT molecular complexity index is 1010. The van der Waals surface area contributed by atoms with Gasteiger partial charge < -0.3 is 14.5 Å². The highest BCUT2D eigenvalue weighted by Gasteiger charge is 2.25. The Morgan fingerprint density at radius 3 is 2.37 bits per heavy atom. The topological polar surface area (TPSA) is 70.2 Å². The number of sulfonamides is 1. The van der Waals surface area contributed by atoms with Crippen LogP contribution in [0.1, 0.15) is 28.8 Å². The van der Waals surface area contributed by atoms with E-state index in [1.807, 2.05) is 18.2 Å². The predicted octanol–water partition coefficient (Wildman–Crippen LogP) is 2.82. The van der Waals surface area contributed by atoms with Gasteiger partial charge in [-0.1, -0.05) is 18.2 Å². The summed E-state index contributed by atoms with van der Waals surface area (Å²) in [6.45, 7) is 2.49. The molecule has 162 valence electrons. The number of ether oxygens (including phenoxy) is 1. The molecular weight excluding hydrogens is 402 g/mol. The monoisotopic (exact) mass is 431 g/mol. The van der Waals surface area contributed by atoms with Gasteiger partial charge in [-0.2, -0.15) is 0 Å². The van der Waals surface area contributed by atoms with E-state index in [1.54, 1.807) is 18.0 Å². The quantitative estimate of drug-likeness (QED) is 0.674. The summed E-state index contributed by atoms with van der Waals surface area (Å²) in [4.78, 5) is 17.0. The fourth-order valence-corrected chi connectivity index (χ4v) is 4.74. The highest BCUT2D eigenvalue weighted by atomic mass is 32.2. The second kappa shape index (κ2) is 9.06. The highest BCUT2D eigenvalue weighted by molar-refractivity contribution is 7.89. The van der Waals surface area contributed by atoms with Gasteiger partial charge in [-0.3, -0.25) is 4.79 Å². The highest BCUT2D eigenvalue weighted by Crippen LogP contribution is 2.29. The molecule has 0 radical (unpaired) electrons. The third-order valence-corrected chi connectivity index (χ3v) is 7.20. The maximum Gasteiger partial charge on any atom is 0.253 e. The summed E-state index contributed by atoms with van der Waals surface area (Å²) in [5, 5.41) is 0. The van der Waals surface area contributed by atoms with Crippen molar-refractivity contribution in [2.45, 2.75) is 24.3 Å². The average molecular weight is 432 g/mol. The first-order chi connectivity index (χ1) is 14.3. The van der Waals surface area contributed by atoms with Gasteiger partial charge in [0.1, 0.15) is 10.6 Å². The van der Waals surface area contributed by atoms with Crippen LogP contribution >= 0.6 is 0 Å². The Hall–Kier alpha value is -2.58. The van der Waals surface area contributed by atoms with E-state index in [0.29, 0.717) is 12.1 Å². The maximum absolute atomic E-state index is 13.1. The maximum atomic E-state index is 13.1. The first-order valence-electron chi connectivity index (χ1n) is 9.94. The number of hydrogen-bond donors (Lipinski definition) is 0. The summed E-state index contributed by atoms with van der Waals surface area (Å²) in [6.07, 6.45) is 2.36. The van der Waals surface area contributed by atoms with Gasteiger partial charge in [0.05, 0.1) is 7.11 Å². The molecule has 0 unspecified atom stereocenters. The minimum absolute atomic E-state index is 0.0216. The summed E-state index contributed by atoms with van der Waals surface area (Å²) in [7, 11) is 2.29. The first-order valence-corrected chi connectivity index (χ1v) is 11.4. The fourth-order valence-electron chi connectivity index (χ4n) is 3.67. The van der Waals surface area contributed by atoms with Gasteiger partial charge in [0.15, 0.2) is 0 Å². The SMILES string of the molecule is COc1ccc(C(=O)N(C)Cc2ccccc2N2CCCC2)cc1S(=O)(=O)N(C)C. The molecule has 0 spiro atoms. The van der Waals surface area contributed by atoms with E-state index in [9.17, 15) is 13.2 Å². The lowest BCUT2D eigenvalue weighted by molar-refractivity contribution is 0.0785. The average Bonchev–Trinajstić information content (AvgIpc) is 3.27. The molecule has 1 amide bonds. The molecule has 2 aromatic rings. The van der Waals surface area contributed by atoms with Crippen LogP contribution < -0.4 is 9.64 Å². The van der Waals surface area contributed by atoms with Crippen LogP contribution in [-0.2, 0) is 16.6 Å². The number of anilines is 1. The molecule has 1 fully saturated rings. The van der Waals surface area contributed by atoms with E-state index in [1.165, 1.54) is 46.2 Å². The molecular formula is C22H29N3O4S. The molecule has 2 aromatic carbocycles. The molecule has 3 rings (SSSR count). The zero-order chi connectivity index (χ0) is 21.9. The van der Waals surface area contributed by atoms with Crippen molar-refractivity contribution in [1.82, 2.24) is 9.21 Å². The summed E-state index contributed by atoms with van der Waals surface area (Å²) in [5.41, 5.74) is 2.53. The van der Waals surface area contributed by atoms with E-state index in [-0.39, 0.29) is 16.6 Å². The standard InChI is InChI=1S/C22H29N3O4S/c1-23(2)30(27,28)21-15-17(11-12-20(21)29-4)22(26)24(3)16-18-9-5-6-10-19(18)25-13-7-8-14-25/h5-6,9-12,15H,7-8,13-14,16H2,1-4H3. The van der Waals surface area contributed by atoms with Gasteiger partial charge in [0, 0.05) is 52.0 Å². The minimum atomic E-state index is -3.75. The smallest absolute Gasteiger partial charge is 0.253 e. The minimum Gasteiger partial charge on any atom is -0.495 e. The van der Waals surface area contributed by atoms with Crippen LogP contribution in [0.25, 0.3) is 0 Å². The van der Waals surface area contributed by atoms with Gasteiger partial charge in [-0.15, -0.1) is 0 Å². The van der Waals surface area contributed by atoms with Crippen LogP contribution in [0.2, 0.25) is 0 Å². The largest absolute Gasteiger partial charge is 0.495 e. The molecule has 0 N–H and O–H groups in total. The van der Waals surface area contributed by atoms with Crippen molar-refractivity contribution in [3.05, 3.63) is 53.6 Å². The predicted molar refractivity (Wildman–Crippen MR) is 118 cm³/mol. The van der Waals surface area contributed by atoms with Gasteiger partial charge in [0.2, 0.25) is 10.0 Å². The van der Waals surface area contributed by atoms with Gasteiger partial charge in [-0.25, -0.2) is 12.7 Å². The summed E-state index contributed by atoms with van der Waals surface area (Å²) in [6, 6.07) is 12.6. The number of benzene rings is 2. The van der Waals surface area contributed by atoms with Crippen LogP contribution in [0, 0.1) is 0 Å². The van der Waals surface area contributed by atoms with E-state index in [0.717, 1.165) is 28.6 Å². The fraction of sp³-hybridized carbons (Fsp3) is 0.409. The third-order valence-electron chi connectivity index (χ3n) is 5.36. The number of nitrogens with zero attached hydrogens (tertiary/aromatic N) is 3. The molecule has 0 aromatic heterocycles. The van der Waals surface area contributed by atoms with E-state index in [2.05, 4.69) is 11.0 Å². The lowest BCUT2D eigenvalue weighted by Gasteiger charge is -2.25. The lowest BCUT2D eigenvalue weighted by Crippen LogP contribution is -2.28. The second-order valence-corrected chi connectivity index (χ2v) is 9.76. The summed E-state index contributed by atoms with van der Waals surface area (Å²) < 4.78 is 31.6. The Morgan fingerprint density at radius 2 is 1.73 bits per heavy atom. The molecule has 0 aliphatic carbocycles. The van der Waals surface area contributed by atoms with Crippen LogP contribution in [0.4, 0.5) is 5.69 Å². The van der Waals surface area contributed by atoms with Crippen molar-refractivity contribution < 1.29 is 17.9 Å². The van der Waals surface area contributed by atoms with Crippen LogP contribution in [0.5, 0.6) is 5.75 Å². The summed E-state index contributed by atoms with van der Waals surface area (Å²) in [5.74, 6) is -0.0358. The summed E-state index contributed by atoms with van der Waals surface area (Å²) >= 11 is 0. The molecule has 0 saturated carbocycles. The Balaban J connectivity index is 1.87. The molecule has 30 heavy (non-hydrogen) atoms. The van der Waals surface area contributed by atoms with Crippen LogP contribution in [0.15, 0.2) is 47.4 Å². The third kappa shape index (κ3) is 4.44. The zero-order valence-electron chi connectivity index (χ0n) is 18.0. The van der Waals surface area contributed by atoms with Crippen LogP contribution in [0.3, 0.4) is 0 Å². The van der Waals surface area contributed by atoms with E-state index in [4.69, 9.17) is 4.74 Å². The second-order valence-electron chi connectivity index (χ2n) is 7.64. The lowest BCUT2D eigenvalue weighted by atomic mass is 10.1. The molecule has 7 nitrogen and oxygen atoms in total. The number of amides is 1. The molecule has 1 heterocycles. The Kier molecular flexibility index (Phi) is 6.67. The molecule has 1 aliphatic heterocycles. The Labute approximate surface area is 178 Å². The zero-order valence-corrected chi connectivity index (χ0v) is 18.8. The molecule has 0 bridgehead atoms. The number of carbonyl (C=O) groups excluding carboxylic acids is 1. The van der Waals surface area contributed by atoms with Crippen molar-refractivity contribution in [1.29, 1.82) is 0 Å². The van der Waals surface area contributed by atoms with Crippen molar-refractivity contribution in [2.24, 2.45) is 0 Å². The number of carbonyl (C=O) groups is 1.